The first-order valence-corrected chi connectivity index (χ1v) is 9.91. The van der Waals surface area contributed by atoms with E-state index in [2.05, 4.69) is 4.99 Å². The second-order valence-corrected chi connectivity index (χ2v) is 7.65. The van der Waals surface area contributed by atoms with Gasteiger partial charge in [0.1, 0.15) is 16.5 Å². The number of nitrogens with zero attached hydrogens (tertiary/aromatic N) is 3. The molecule has 0 atom stereocenters. The molecule has 0 spiro atoms. The Morgan fingerprint density at radius 3 is 2.42 bits per heavy atom. The topological polar surface area (TPSA) is 138 Å². The van der Waals surface area contributed by atoms with Crippen LogP contribution in [0.2, 0.25) is 10.0 Å². The smallest absolute Gasteiger partial charge is 0.363 e. The zero-order chi connectivity index (χ0) is 23.9. The largest absolute Gasteiger partial charge is 0.457 e. The normalized spacial score (nSPS) is 14.3. The van der Waals surface area contributed by atoms with Crippen LogP contribution in [0.5, 0.6) is 0 Å². The second kappa shape index (κ2) is 8.49. The lowest BCUT2D eigenvalue weighted by Gasteiger charge is -2.04. The summed E-state index contributed by atoms with van der Waals surface area (Å²) in [4.78, 5) is 37.2. The van der Waals surface area contributed by atoms with E-state index in [0.717, 1.165) is 6.07 Å². The SMILES string of the molecule is Cc1cc([N+](=O)[O-])c(Cl)cc1-c1ccc(/C=C2\N=C(c3cc([N+](=O)[O-])ccc3Cl)OC2=O)o1. The first kappa shape index (κ1) is 22.2. The number of aryl methyl sites for hydroxylation is 1. The summed E-state index contributed by atoms with van der Waals surface area (Å²) in [7, 11) is 0. The maximum absolute atomic E-state index is 12.3. The third-order valence-corrected chi connectivity index (χ3v) is 5.31. The summed E-state index contributed by atoms with van der Waals surface area (Å²) in [6.45, 7) is 1.67. The fourth-order valence-electron chi connectivity index (χ4n) is 3.10. The number of carbonyl (C=O) groups is 1. The average molecular weight is 488 g/mol. The fraction of sp³-hybridized carbons (Fsp3) is 0.0476. The standard InChI is InChI=1S/C21H11Cl2N3O7/c1-10-6-18(26(30)31)16(23)9-13(10)19-5-3-12(32-19)8-17-21(27)33-20(24-17)14-7-11(25(28)29)2-4-15(14)22/h2-9H,1H3/b17-8-. The van der Waals surface area contributed by atoms with Crippen LogP contribution in [-0.2, 0) is 9.53 Å². The first-order valence-electron chi connectivity index (χ1n) is 9.15. The van der Waals surface area contributed by atoms with Crippen molar-refractivity contribution in [1.82, 2.24) is 0 Å². The van der Waals surface area contributed by atoms with E-state index in [-0.39, 0.29) is 44.3 Å². The fourth-order valence-corrected chi connectivity index (χ4v) is 3.53. The van der Waals surface area contributed by atoms with Gasteiger partial charge in [-0.3, -0.25) is 20.2 Å². The molecule has 0 fully saturated rings. The highest BCUT2D eigenvalue weighted by Gasteiger charge is 2.27. The summed E-state index contributed by atoms with van der Waals surface area (Å²) in [5, 5.41) is 22.1. The van der Waals surface area contributed by atoms with Crippen molar-refractivity contribution < 1.29 is 23.8 Å². The first-order chi connectivity index (χ1) is 15.6. The number of non-ortho nitro benzene ring substituents is 1. The van der Waals surface area contributed by atoms with Gasteiger partial charge in [0, 0.05) is 29.8 Å². The van der Waals surface area contributed by atoms with Gasteiger partial charge in [-0.25, -0.2) is 9.79 Å². The van der Waals surface area contributed by atoms with Gasteiger partial charge in [-0.15, -0.1) is 0 Å². The van der Waals surface area contributed by atoms with Crippen LogP contribution in [0.3, 0.4) is 0 Å². The van der Waals surface area contributed by atoms with Crippen LogP contribution in [0.1, 0.15) is 16.9 Å². The Morgan fingerprint density at radius 2 is 1.73 bits per heavy atom. The number of benzene rings is 2. The minimum absolute atomic E-state index is 0.0423. The number of hydrogen-bond acceptors (Lipinski definition) is 8. The number of ether oxygens (including phenoxy) is 1. The summed E-state index contributed by atoms with van der Waals surface area (Å²) in [6.07, 6.45) is 1.33. The predicted octanol–water partition coefficient (Wildman–Crippen LogP) is 5.72. The third kappa shape index (κ3) is 4.34. The lowest BCUT2D eigenvalue weighted by molar-refractivity contribution is -0.385. The van der Waals surface area contributed by atoms with E-state index >= 15 is 0 Å². The van der Waals surface area contributed by atoms with Gasteiger partial charge in [-0.1, -0.05) is 23.2 Å². The molecule has 10 nitrogen and oxygen atoms in total. The summed E-state index contributed by atoms with van der Waals surface area (Å²) in [6, 6.07) is 9.63. The lowest BCUT2D eigenvalue weighted by Crippen LogP contribution is -2.06. The molecule has 1 aliphatic heterocycles. The Hall–Kier alpha value is -4.02. The van der Waals surface area contributed by atoms with E-state index in [4.69, 9.17) is 32.4 Å². The van der Waals surface area contributed by atoms with E-state index in [1.54, 1.807) is 19.1 Å². The van der Waals surface area contributed by atoms with Crippen LogP contribution < -0.4 is 0 Å². The molecule has 166 valence electrons. The van der Waals surface area contributed by atoms with E-state index in [1.165, 1.54) is 30.3 Å². The number of cyclic esters (lactones) is 1. The van der Waals surface area contributed by atoms with Gasteiger partial charge in [0.2, 0.25) is 5.90 Å². The van der Waals surface area contributed by atoms with E-state index < -0.39 is 15.8 Å². The van der Waals surface area contributed by atoms with Crippen molar-refractivity contribution in [3.8, 4) is 11.3 Å². The van der Waals surface area contributed by atoms with Crippen molar-refractivity contribution in [2.45, 2.75) is 6.92 Å². The molecule has 3 aromatic rings. The molecular weight excluding hydrogens is 477 g/mol. The maximum Gasteiger partial charge on any atom is 0.363 e. The molecule has 0 N–H and O–H groups in total. The van der Waals surface area contributed by atoms with E-state index in [1.807, 2.05) is 0 Å². The number of hydrogen-bond donors (Lipinski definition) is 0. The summed E-state index contributed by atoms with van der Waals surface area (Å²) in [5.74, 6) is -0.348. The van der Waals surface area contributed by atoms with Crippen LogP contribution in [0.4, 0.5) is 11.4 Å². The molecule has 0 saturated carbocycles. The molecule has 12 heteroatoms. The Bertz CT molecular complexity index is 1410. The predicted molar refractivity (Wildman–Crippen MR) is 119 cm³/mol. The molecule has 0 bridgehead atoms. The molecule has 2 heterocycles. The molecule has 0 unspecified atom stereocenters. The number of carbonyl (C=O) groups excluding carboxylic acids is 1. The number of aliphatic imine (C=N–C) groups is 1. The molecule has 1 aromatic heterocycles. The summed E-state index contributed by atoms with van der Waals surface area (Å²) < 4.78 is 10.9. The maximum atomic E-state index is 12.3. The number of esters is 1. The van der Waals surface area contributed by atoms with Gasteiger partial charge in [-0.05, 0) is 36.8 Å². The van der Waals surface area contributed by atoms with Crippen LogP contribution in [0.15, 0.2) is 57.6 Å². The molecule has 33 heavy (non-hydrogen) atoms. The van der Waals surface area contributed by atoms with Crippen molar-refractivity contribution in [3.63, 3.8) is 0 Å². The Morgan fingerprint density at radius 1 is 0.970 bits per heavy atom. The van der Waals surface area contributed by atoms with Crippen molar-refractivity contribution in [2.75, 3.05) is 0 Å². The molecule has 1 aliphatic rings. The van der Waals surface area contributed by atoms with Gasteiger partial charge in [0.25, 0.3) is 11.4 Å². The van der Waals surface area contributed by atoms with Crippen molar-refractivity contribution >= 4 is 52.5 Å². The molecule has 4 rings (SSSR count). The summed E-state index contributed by atoms with van der Waals surface area (Å²) in [5.41, 5.74) is 0.642. The number of halogens is 2. The summed E-state index contributed by atoms with van der Waals surface area (Å²) >= 11 is 12.1. The minimum atomic E-state index is -0.792. The third-order valence-electron chi connectivity index (χ3n) is 4.67. The molecular formula is C21H11Cl2N3O7. The highest BCUT2D eigenvalue weighted by Crippen LogP contribution is 2.35. The van der Waals surface area contributed by atoms with Gasteiger partial charge in [-0.2, -0.15) is 0 Å². The molecule has 0 aliphatic carbocycles. The lowest BCUT2D eigenvalue weighted by atomic mass is 10.1. The monoisotopic (exact) mass is 487 g/mol. The molecule has 0 saturated heterocycles. The Labute approximate surface area is 195 Å². The molecule has 0 amide bonds. The van der Waals surface area contributed by atoms with Crippen molar-refractivity contribution in [3.05, 3.63) is 95.3 Å². The van der Waals surface area contributed by atoms with Gasteiger partial charge < -0.3 is 9.15 Å². The van der Waals surface area contributed by atoms with Crippen LogP contribution in [0, 0.1) is 27.2 Å². The van der Waals surface area contributed by atoms with Gasteiger partial charge in [0.05, 0.1) is 20.4 Å². The Balaban J connectivity index is 1.67. The number of nitro benzene ring substituents is 2. The Kier molecular flexibility index (Phi) is 5.71. The molecule has 2 aromatic carbocycles. The van der Waals surface area contributed by atoms with E-state index in [0.29, 0.717) is 16.9 Å². The zero-order valence-corrected chi connectivity index (χ0v) is 18.1. The van der Waals surface area contributed by atoms with Gasteiger partial charge in [0.15, 0.2) is 5.70 Å². The number of furan rings is 1. The molecule has 0 radical (unpaired) electrons. The second-order valence-electron chi connectivity index (χ2n) is 6.83. The van der Waals surface area contributed by atoms with Crippen LogP contribution in [0.25, 0.3) is 17.4 Å². The highest BCUT2D eigenvalue weighted by molar-refractivity contribution is 6.34. The van der Waals surface area contributed by atoms with Crippen LogP contribution in [-0.4, -0.2) is 21.7 Å². The quantitative estimate of drug-likeness (QED) is 0.194. The van der Waals surface area contributed by atoms with Crippen molar-refractivity contribution in [2.24, 2.45) is 4.99 Å². The van der Waals surface area contributed by atoms with Crippen LogP contribution >= 0.6 is 23.2 Å². The van der Waals surface area contributed by atoms with Crippen molar-refractivity contribution in [1.29, 1.82) is 0 Å². The minimum Gasteiger partial charge on any atom is -0.457 e. The van der Waals surface area contributed by atoms with Gasteiger partial charge >= 0.3 is 5.97 Å². The number of rotatable bonds is 5. The highest BCUT2D eigenvalue weighted by atomic mass is 35.5. The van der Waals surface area contributed by atoms with E-state index in [9.17, 15) is 25.0 Å². The average Bonchev–Trinajstić information content (AvgIpc) is 3.36. The number of nitro groups is 2. The zero-order valence-electron chi connectivity index (χ0n) is 16.6.